The molecule has 1 N–H and O–H groups in total. The van der Waals surface area contributed by atoms with Crippen molar-refractivity contribution < 1.29 is 4.79 Å². The Balaban J connectivity index is 1.36. The van der Waals surface area contributed by atoms with Gasteiger partial charge in [-0.25, -0.2) is 14.8 Å². The second-order valence-electron chi connectivity index (χ2n) is 6.62. The molecule has 2 aliphatic rings. The van der Waals surface area contributed by atoms with E-state index in [0.717, 1.165) is 38.3 Å². The lowest BCUT2D eigenvalue weighted by atomic mass is 9.88. The number of urea groups is 1. The number of aromatic nitrogens is 2. The molecule has 2 heterocycles. The summed E-state index contributed by atoms with van der Waals surface area (Å²) in [5.74, 6) is 0.740. The predicted molar refractivity (Wildman–Crippen MR) is 96.5 cm³/mol. The Labute approximate surface area is 147 Å². The molecule has 1 aliphatic carbocycles. The fraction of sp³-hybridized carbons (Fsp3) is 0.421. The highest BCUT2D eigenvalue weighted by Crippen LogP contribution is 2.29. The molecule has 6 nitrogen and oxygen atoms in total. The van der Waals surface area contributed by atoms with E-state index in [0.29, 0.717) is 13.1 Å². The van der Waals surface area contributed by atoms with Crippen LogP contribution in [0.5, 0.6) is 0 Å². The highest BCUT2D eigenvalue weighted by molar-refractivity contribution is 5.75. The van der Waals surface area contributed by atoms with Gasteiger partial charge in [-0.05, 0) is 36.5 Å². The lowest BCUT2D eigenvalue weighted by Crippen LogP contribution is -2.52. The van der Waals surface area contributed by atoms with Crippen molar-refractivity contribution in [2.24, 2.45) is 0 Å². The van der Waals surface area contributed by atoms with Crippen LogP contribution in [0.4, 0.5) is 10.7 Å². The molecule has 4 rings (SSSR count). The molecule has 0 spiro atoms. The van der Waals surface area contributed by atoms with Crippen molar-refractivity contribution >= 4 is 12.0 Å². The molecule has 1 aromatic heterocycles. The normalized spacial score (nSPS) is 20.1. The van der Waals surface area contributed by atoms with Gasteiger partial charge in [-0.3, -0.25) is 0 Å². The molecule has 2 amide bonds. The fourth-order valence-electron chi connectivity index (χ4n) is 3.71. The van der Waals surface area contributed by atoms with Gasteiger partial charge in [0.1, 0.15) is 0 Å². The van der Waals surface area contributed by atoms with Crippen LogP contribution in [-0.4, -0.2) is 47.1 Å². The third-order valence-corrected chi connectivity index (χ3v) is 5.07. The van der Waals surface area contributed by atoms with E-state index in [1.54, 1.807) is 12.4 Å². The second-order valence-corrected chi connectivity index (χ2v) is 6.62. The van der Waals surface area contributed by atoms with Gasteiger partial charge in [0.25, 0.3) is 0 Å². The third-order valence-electron chi connectivity index (χ3n) is 5.07. The molecule has 1 saturated heterocycles. The van der Waals surface area contributed by atoms with Crippen LogP contribution in [0.15, 0.2) is 42.7 Å². The van der Waals surface area contributed by atoms with E-state index in [9.17, 15) is 4.79 Å². The number of carbonyl (C=O) groups excluding carboxylic acids is 1. The number of hydrogen-bond acceptors (Lipinski definition) is 4. The van der Waals surface area contributed by atoms with Crippen molar-refractivity contribution in [2.75, 3.05) is 31.1 Å². The van der Waals surface area contributed by atoms with Crippen molar-refractivity contribution in [2.45, 2.75) is 25.3 Å². The summed E-state index contributed by atoms with van der Waals surface area (Å²) in [4.78, 5) is 25.3. The van der Waals surface area contributed by atoms with E-state index >= 15 is 0 Å². The van der Waals surface area contributed by atoms with Gasteiger partial charge in [-0.1, -0.05) is 24.3 Å². The molecule has 1 atom stereocenters. The van der Waals surface area contributed by atoms with Gasteiger partial charge in [-0.15, -0.1) is 0 Å². The van der Waals surface area contributed by atoms with Crippen LogP contribution < -0.4 is 10.2 Å². The lowest BCUT2D eigenvalue weighted by Gasteiger charge is -2.36. The number of nitrogens with zero attached hydrogens (tertiary/aromatic N) is 4. The minimum absolute atomic E-state index is 0.0373. The number of aryl methyl sites for hydroxylation is 1. The summed E-state index contributed by atoms with van der Waals surface area (Å²) in [7, 11) is 0. The molecular weight excluding hydrogens is 314 g/mol. The molecule has 0 saturated carbocycles. The van der Waals surface area contributed by atoms with E-state index in [-0.39, 0.29) is 12.1 Å². The Kier molecular flexibility index (Phi) is 4.50. The minimum atomic E-state index is 0.0373. The van der Waals surface area contributed by atoms with Crippen LogP contribution in [0.25, 0.3) is 0 Å². The smallest absolute Gasteiger partial charge is 0.318 e. The highest BCUT2D eigenvalue weighted by Gasteiger charge is 2.26. The Morgan fingerprint density at radius 3 is 2.60 bits per heavy atom. The Morgan fingerprint density at radius 1 is 1.04 bits per heavy atom. The summed E-state index contributed by atoms with van der Waals surface area (Å²) in [5, 5.41) is 3.24. The number of rotatable bonds is 2. The van der Waals surface area contributed by atoms with Gasteiger partial charge >= 0.3 is 6.03 Å². The van der Waals surface area contributed by atoms with Gasteiger partial charge in [0, 0.05) is 38.6 Å². The largest absolute Gasteiger partial charge is 0.337 e. The number of fused-ring (bicyclic) bond motifs is 1. The summed E-state index contributed by atoms with van der Waals surface area (Å²) in [6.45, 7) is 2.91. The van der Waals surface area contributed by atoms with E-state index < -0.39 is 0 Å². The molecule has 130 valence electrons. The first kappa shape index (κ1) is 15.9. The van der Waals surface area contributed by atoms with E-state index in [1.807, 2.05) is 11.0 Å². The molecule has 2 aromatic rings. The molecule has 0 radical (unpaired) electrons. The quantitative estimate of drug-likeness (QED) is 0.914. The van der Waals surface area contributed by atoms with Gasteiger partial charge in [-0.2, -0.15) is 0 Å². The Hall–Kier alpha value is -2.63. The summed E-state index contributed by atoms with van der Waals surface area (Å²) in [6, 6.07) is 10.4. The van der Waals surface area contributed by atoms with Crippen molar-refractivity contribution in [3.05, 3.63) is 53.9 Å². The monoisotopic (exact) mass is 337 g/mol. The topological polar surface area (TPSA) is 61.4 Å². The van der Waals surface area contributed by atoms with Gasteiger partial charge < -0.3 is 15.1 Å². The number of anilines is 1. The maximum atomic E-state index is 12.7. The van der Waals surface area contributed by atoms with Crippen molar-refractivity contribution in [3.8, 4) is 0 Å². The van der Waals surface area contributed by atoms with Gasteiger partial charge in [0.2, 0.25) is 5.95 Å². The summed E-state index contributed by atoms with van der Waals surface area (Å²) in [5.41, 5.74) is 2.64. The molecule has 1 aliphatic heterocycles. The number of nitrogens with one attached hydrogen (secondary N) is 1. The first-order chi connectivity index (χ1) is 12.3. The average molecular weight is 337 g/mol. The summed E-state index contributed by atoms with van der Waals surface area (Å²) < 4.78 is 0. The van der Waals surface area contributed by atoms with Crippen LogP contribution >= 0.6 is 0 Å². The number of carbonyl (C=O) groups is 1. The van der Waals surface area contributed by atoms with Crippen LogP contribution in [0.1, 0.15) is 30.0 Å². The second kappa shape index (κ2) is 7.09. The highest BCUT2D eigenvalue weighted by atomic mass is 16.2. The number of amides is 2. The van der Waals surface area contributed by atoms with Crippen molar-refractivity contribution in [1.82, 2.24) is 20.2 Å². The van der Waals surface area contributed by atoms with Gasteiger partial charge in [0.05, 0.1) is 6.04 Å². The van der Waals surface area contributed by atoms with Gasteiger partial charge in [0.15, 0.2) is 0 Å². The van der Waals surface area contributed by atoms with Crippen LogP contribution in [-0.2, 0) is 6.42 Å². The fourth-order valence-corrected chi connectivity index (χ4v) is 3.71. The number of piperazine rings is 1. The molecule has 0 bridgehead atoms. The zero-order valence-electron chi connectivity index (χ0n) is 14.3. The SMILES string of the molecule is O=C(N[C@@H]1CCCc2ccccc21)N1CCN(c2ncccn2)CC1. The predicted octanol–water partition coefficient (Wildman–Crippen LogP) is 2.39. The standard InChI is InChI=1S/C19H23N5O/c25-19(22-17-8-3-6-15-5-1-2-7-16(15)17)24-13-11-23(12-14-24)18-20-9-4-10-21-18/h1-2,4-5,7,9-10,17H,3,6,8,11-14H2,(H,22,25)/t17-/m1/s1. The molecule has 0 unspecified atom stereocenters. The minimum Gasteiger partial charge on any atom is -0.337 e. The molecule has 6 heteroatoms. The van der Waals surface area contributed by atoms with Crippen molar-refractivity contribution in [3.63, 3.8) is 0 Å². The zero-order valence-corrected chi connectivity index (χ0v) is 14.3. The van der Waals surface area contributed by atoms with Crippen LogP contribution in [0, 0.1) is 0 Å². The summed E-state index contributed by atoms with van der Waals surface area (Å²) >= 11 is 0. The maximum absolute atomic E-state index is 12.7. The molecule has 25 heavy (non-hydrogen) atoms. The van der Waals surface area contributed by atoms with Crippen LogP contribution in [0.2, 0.25) is 0 Å². The summed E-state index contributed by atoms with van der Waals surface area (Å²) in [6.07, 6.45) is 6.75. The van der Waals surface area contributed by atoms with Crippen molar-refractivity contribution in [1.29, 1.82) is 0 Å². The third kappa shape index (κ3) is 3.43. The first-order valence-electron chi connectivity index (χ1n) is 8.96. The first-order valence-corrected chi connectivity index (χ1v) is 8.96. The molecule has 1 fully saturated rings. The van der Waals surface area contributed by atoms with E-state index in [2.05, 4.69) is 44.5 Å². The number of hydrogen-bond donors (Lipinski definition) is 1. The van der Waals surface area contributed by atoms with E-state index in [1.165, 1.54) is 11.1 Å². The Bertz CT molecular complexity index is 728. The molecule has 1 aromatic carbocycles. The average Bonchev–Trinajstić information content (AvgIpc) is 2.69. The van der Waals surface area contributed by atoms with Crippen LogP contribution in [0.3, 0.4) is 0 Å². The molecular formula is C19H23N5O. The lowest BCUT2D eigenvalue weighted by molar-refractivity contribution is 0.188. The number of benzene rings is 1. The van der Waals surface area contributed by atoms with E-state index in [4.69, 9.17) is 0 Å². The Morgan fingerprint density at radius 2 is 1.80 bits per heavy atom. The maximum Gasteiger partial charge on any atom is 0.318 e. The zero-order chi connectivity index (χ0) is 17.1.